The maximum Gasteiger partial charge on any atom is 0.0568 e. The minimum atomic E-state index is 0.0907. The van der Waals surface area contributed by atoms with E-state index in [-0.39, 0.29) is 6.04 Å². The van der Waals surface area contributed by atoms with Crippen molar-refractivity contribution in [3.63, 3.8) is 0 Å². The molecule has 0 amide bonds. The van der Waals surface area contributed by atoms with Crippen molar-refractivity contribution in [1.29, 1.82) is 0 Å². The van der Waals surface area contributed by atoms with Crippen LogP contribution in [-0.4, -0.2) is 9.78 Å². The highest BCUT2D eigenvalue weighted by atomic mass is 15.2. The van der Waals surface area contributed by atoms with Gasteiger partial charge in [0, 0.05) is 24.8 Å². The molecule has 0 saturated carbocycles. The van der Waals surface area contributed by atoms with Crippen LogP contribution in [0.2, 0.25) is 0 Å². The van der Waals surface area contributed by atoms with Crippen LogP contribution >= 0.6 is 0 Å². The summed E-state index contributed by atoms with van der Waals surface area (Å²) in [4.78, 5) is 0. The summed E-state index contributed by atoms with van der Waals surface area (Å²) in [6.07, 6.45) is 3.86. The molecule has 1 atom stereocenters. The molecular formula is C12H15N3. The van der Waals surface area contributed by atoms with Crippen molar-refractivity contribution in [3.05, 3.63) is 42.2 Å². The summed E-state index contributed by atoms with van der Waals surface area (Å²) in [5, 5.41) is 4.14. The summed E-state index contributed by atoms with van der Waals surface area (Å²) in [7, 11) is 1.92. The Balaban J connectivity index is 2.31. The molecule has 0 bridgehead atoms. The second-order valence-electron chi connectivity index (χ2n) is 3.81. The predicted molar refractivity (Wildman–Crippen MR) is 61.2 cm³/mol. The Kier molecular flexibility index (Phi) is 2.56. The molecule has 1 aromatic carbocycles. The van der Waals surface area contributed by atoms with E-state index in [2.05, 4.69) is 29.4 Å². The van der Waals surface area contributed by atoms with E-state index in [1.165, 1.54) is 5.56 Å². The monoisotopic (exact) mass is 201 g/mol. The number of aryl methyl sites for hydroxylation is 1. The molecule has 2 N–H and O–H groups in total. The molecule has 0 radical (unpaired) electrons. The van der Waals surface area contributed by atoms with E-state index in [0.717, 1.165) is 11.1 Å². The van der Waals surface area contributed by atoms with Gasteiger partial charge in [0.15, 0.2) is 0 Å². The van der Waals surface area contributed by atoms with Crippen molar-refractivity contribution in [2.45, 2.75) is 13.0 Å². The average molecular weight is 201 g/mol. The smallest absolute Gasteiger partial charge is 0.0568 e. The van der Waals surface area contributed by atoms with Crippen molar-refractivity contribution < 1.29 is 0 Å². The fraction of sp³-hybridized carbons (Fsp3) is 0.250. The molecule has 0 spiro atoms. The van der Waals surface area contributed by atoms with Gasteiger partial charge in [0.25, 0.3) is 0 Å². The van der Waals surface area contributed by atoms with Gasteiger partial charge < -0.3 is 5.73 Å². The predicted octanol–water partition coefficient (Wildman–Crippen LogP) is 2.11. The molecule has 0 fully saturated rings. The lowest BCUT2D eigenvalue weighted by molar-refractivity contribution is 0.768. The topological polar surface area (TPSA) is 43.8 Å². The molecule has 78 valence electrons. The number of nitrogens with zero attached hydrogens (tertiary/aromatic N) is 2. The Morgan fingerprint density at radius 3 is 2.33 bits per heavy atom. The zero-order valence-electron chi connectivity index (χ0n) is 9.01. The zero-order chi connectivity index (χ0) is 10.8. The minimum absolute atomic E-state index is 0.0907. The molecule has 0 aliphatic carbocycles. The lowest BCUT2D eigenvalue weighted by atomic mass is 10.0. The van der Waals surface area contributed by atoms with Crippen molar-refractivity contribution in [1.82, 2.24) is 9.78 Å². The third kappa shape index (κ3) is 2.07. The number of nitrogens with two attached hydrogens (primary N) is 1. The van der Waals surface area contributed by atoms with Crippen LogP contribution in [0.15, 0.2) is 36.7 Å². The quantitative estimate of drug-likeness (QED) is 0.808. The van der Waals surface area contributed by atoms with Crippen LogP contribution in [-0.2, 0) is 7.05 Å². The maximum absolute atomic E-state index is 5.79. The van der Waals surface area contributed by atoms with Gasteiger partial charge in [-0.05, 0) is 18.1 Å². The highest BCUT2D eigenvalue weighted by molar-refractivity contribution is 5.61. The zero-order valence-corrected chi connectivity index (χ0v) is 9.01. The van der Waals surface area contributed by atoms with Crippen LogP contribution in [0.1, 0.15) is 18.5 Å². The summed E-state index contributed by atoms with van der Waals surface area (Å²) in [5.41, 5.74) is 9.25. The molecule has 3 nitrogen and oxygen atoms in total. The molecule has 2 aromatic rings. The Hall–Kier alpha value is -1.61. The van der Waals surface area contributed by atoms with Gasteiger partial charge in [-0.1, -0.05) is 24.3 Å². The average Bonchev–Trinajstić information content (AvgIpc) is 2.65. The first-order valence-electron chi connectivity index (χ1n) is 5.01. The Morgan fingerprint density at radius 1 is 1.20 bits per heavy atom. The van der Waals surface area contributed by atoms with Crippen molar-refractivity contribution in [2.24, 2.45) is 12.8 Å². The van der Waals surface area contributed by atoms with Gasteiger partial charge in [0.2, 0.25) is 0 Å². The van der Waals surface area contributed by atoms with E-state index in [1.54, 1.807) is 4.68 Å². The molecule has 0 aliphatic heterocycles. The molecule has 3 heteroatoms. The fourth-order valence-corrected chi connectivity index (χ4v) is 1.55. The Labute approximate surface area is 89.5 Å². The molecule has 1 aromatic heterocycles. The molecule has 0 saturated heterocycles. The van der Waals surface area contributed by atoms with Crippen molar-refractivity contribution in [2.75, 3.05) is 0 Å². The second kappa shape index (κ2) is 3.87. The summed E-state index contributed by atoms with van der Waals surface area (Å²) < 4.78 is 1.80. The van der Waals surface area contributed by atoms with Gasteiger partial charge in [0.05, 0.1) is 6.20 Å². The lowest BCUT2D eigenvalue weighted by Gasteiger charge is -2.05. The Bertz CT molecular complexity index is 440. The van der Waals surface area contributed by atoms with Gasteiger partial charge in [0.1, 0.15) is 0 Å². The molecule has 1 unspecified atom stereocenters. The molecule has 2 rings (SSSR count). The number of hydrogen-bond donors (Lipinski definition) is 1. The number of benzene rings is 1. The highest BCUT2D eigenvalue weighted by Gasteiger charge is 2.02. The summed E-state index contributed by atoms with van der Waals surface area (Å²) in [6, 6.07) is 8.37. The third-order valence-electron chi connectivity index (χ3n) is 2.47. The Morgan fingerprint density at radius 2 is 1.87 bits per heavy atom. The van der Waals surface area contributed by atoms with Gasteiger partial charge >= 0.3 is 0 Å². The lowest BCUT2D eigenvalue weighted by Crippen LogP contribution is -2.04. The van der Waals surface area contributed by atoms with Crippen LogP contribution in [0.5, 0.6) is 0 Å². The van der Waals surface area contributed by atoms with Gasteiger partial charge in [-0.2, -0.15) is 5.10 Å². The third-order valence-corrected chi connectivity index (χ3v) is 2.47. The maximum atomic E-state index is 5.79. The van der Waals surface area contributed by atoms with Crippen molar-refractivity contribution >= 4 is 0 Å². The number of aromatic nitrogens is 2. The summed E-state index contributed by atoms with van der Waals surface area (Å²) in [5.74, 6) is 0. The van der Waals surface area contributed by atoms with Crippen LogP contribution in [0, 0.1) is 0 Å². The summed E-state index contributed by atoms with van der Waals surface area (Å²) in [6.45, 7) is 1.99. The van der Waals surface area contributed by atoms with Crippen LogP contribution in [0.4, 0.5) is 0 Å². The SMILES string of the molecule is CC(N)c1ccc(-c2cnn(C)c2)cc1. The molecular weight excluding hydrogens is 186 g/mol. The molecule has 1 heterocycles. The fourth-order valence-electron chi connectivity index (χ4n) is 1.55. The molecule has 0 aliphatic rings. The van der Waals surface area contributed by atoms with Crippen LogP contribution in [0.3, 0.4) is 0 Å². The normalized spacial score (nSPS) is 12.7. The first-order chi connectivity index (χ1) is 7.16. The molecule has 15 heavy (non-hydrogen) atoms. The van der Waals surface area contributed by atoms with Gasteiger partial charge in [-0.25, -0.2) is 0 Å². The highest BCUT2D eigenvalue weighted by Crippen LogP contribution is 2.20. The van der Waals surface area contributed by atoms with Gasteiger partial charge in [-0.3, -0.25) is 4.68 Å². The number of hydrogen-bond acceptors (Lipinski definition) is 2. The first kappa shape index (κ1) is 9.93. The summed E-state index contributed by atoms with van der Waals surface area (Å²) >= 11 is 0. The second-order valence-corrected chi connectivity index (χ2v) is 3.81. The standard InChI is InChI=1S/C12H15N3/c1-9(13)10-3-5-11(6-4-10)12-7-14-15(2)8-12/h3-9H,13H2,1-2H3. The van der Waals surface area contributed by atoms with E-state index < -0.39 is 0 Å². The number of rotatable bonds is 2. The largest absolute Gasteiger partial charge is 0.324 e. The minimum Gasteiger partial charge on any atom is -0.324 e. The van der Waals surface area contributed by atoms with Gasteiger partial charge in [-0.15, -0.1) is 0 Å². The van der Waals surface area contributed by atoms with E-state index in [0.29, 0.717) is 0 Å². The van der Waals surface area contributed by atoms with E-state index in [9.17, 15) is 0 Å². The van der Waals surface area contributed by atoms with E-state index in [4.69, 9.17) is 5.73 Å². The van der Waals surface area contributed by atoms with E-state index >= 15 is 0 Å². The van der Waals surface area contributed by atoms with Crippen LogP contribution < -0.4 is 5.73 Å². The van der Waals surface area contributed by atoms with E-state index in [1.807, 2.05) is 26.4 Å². The van der Waals surface area contributed by atoms with Crippen LogP contribution in [0.25, 0.3) is 11.1 Å². The van der Waals surface area contributed by atoms with Crippen molar-refractivity contribution in [3.8, 4) is 11.1 Å². The first-order valence-corrected chi connectivity index (χ1v) is 5.01.